The van der Waals surface area contributed by atoms with Gasteiger partial charge in [0.25, 0.3) is 0 Å². The van der Waals surface area contributed by atoms with E-state index in [1.165, 1.54) is 0 Å². The van der Waals surface area contributed by atoms with Crippen molar-refractivity contribution in [2.75, 3.05) is 20.6 Å². The molecular weight excluding hydrogens is 178 g/mol. The normalized spacial score (nSPS) is 10.2. The highest BCUT2D eigenvalue weighted by Gasteiger charge is 2.06. The molecule has 0 amide bonds. The Morgan fingerprint density at radius 2 is 1.93 bits per heavy atom. The Kier molecular flexibility index (Phi) is 4.13. The van der Waals surface area contributed by atoms with E-state index in [9.17, 15) is 4.79 Å². The van der Waals surface area contributed by atoms with E-state index in [-0.39, 0.29) is 5.97 Å². The predicted molar refractivity (Wildman–Crippen MR) is 53.9 cm³/mol. The molecule has 76 valence electrons. The van der Waals surface area contributed by atoms with Gasteiger partial charge in [-0.2, -0.15) is 0 Å². The van der Waals surface area contributed by atoms with E-state index in [1.54, 1.807) is 0 Å². The quantitative estimate of drug-likeness (QED) is 0.677. The molecule has 0 radical (unpaired) electrons. The fraction of sp³-hybridized carbons (Fsp3) is 0.364. The number of benzene rings is 1. The summed E-state index contributed by atoms with van der Waals surface area (Å²) in [6, 6.07) is 9.68. The standard InChI is InChI=1S/C11H15NO2/c1-12(2)8-11(13)14-9-10-6-4-3-5-7-10/h3-7H,8-9H2,1-2H3/p+1. The van der Waals surface area contributed by atoms with Gasteiger partial charge in [-0.1, -0.05) is 30.3 Å². The highest BCUT2D eigenvalue weighted by Crippen LogP contribution is 1.99. The van der Waals surface area contributed by atoms with E-state index in [4.69, 9.17) is 4.74 Å². The van der Waals surface area contributed by atoms with Crippen molar-refractivity contribution in [1.82, 2.24) is 0 Å². The van der Waals surface area contributed by atoms with Crippen molar-refractivity contribution in [2.24, 2.45) is 0 Å². The van der Waals surface area contributed by atoms with Crippen LogP contribution in [0.15, 0.2) is 30.3 Å². The fourth-order valence-corrected chi connectivity index (χ4v) is 1.08. The van der Waals surface area contributed by atoms with Gasteiger partial charge in [0.2, 0.25) is 0 Å². The summed E-state index contributed by atoms with van der Waals surface area (Å²) in [5, 5.41) is 0. The van der Waals surface area contributed by atoms with Crippen LogP contribution in [-0.2, 0) is 16.1 Å². The number of hydrogen-bond acceptors (Lipinski definition) is 2. The molecule has 0 aliphatic heterocycles. The highest BCUT2D eigenvalue weighted by molar-refractivity contribution is 5.70. The molecule has 0 aromatic heterocycles. The van der Waals surface area contributed by atoms with Gasteiger partial charge >= 0.3 is 5.97 Å². The number of quaternary nitrogens is 1. The zero-order valence-electron chi connectivity index (χ0n) is 8.62. The second-order valence-corrected chi connectivity index (χ2v) is 3.53. The summed E-state index contributed by atoms with van der Waals surface area (Å²) in [5.41, 5.74) is 1.02. The molecule has 1 N–H and O–H groups in total. The Morgan fingerprint density at radius 1 is 1.29 bits per heavy atom. The molecule has 0 atom stereocenters. The van der Waals surface area contributed by atoms with Crippen LogP contribution in [0.2, 0.25) is 0 Å². The molecule has 0 unspecified atom stereocenters. The minimum absolute atomic E-state index is 0.158. The van der Waals surface area contributed by atoms with E-state index in [0.29, 0.717) is 13.2 Å². The summed E-state index contributed by atoms with van der Waals surface area (Å²) in [7, 11) is 3.84. The first-order chi connectivity index (χ1) is 6.68. The fourth-order valence-electron chi connectivity index (χ4n) is 1.08. The van der Waals surface area contributed by atoms with E-state index in [2.05, 4.69) is 0 Å². The number of hydrogen-bond donors (Lipinski definition) is 1. The van der Waals surface area contributed by atoms with Crippen LogP contribution in [-0.4, -0.2) is 26.6 Å². The summed E-state index contributed by atoms with van der Waals surface area (Å²) in [6.45, 7) is 0.778. The maximum Gasteiger partial charge on any atom is 0.362 e. The molecule has 0 spiro atoms. The molecule has 1 aromatic rings. The van der Waals surface area contributed by atoms with Crippen LogP contribution < -0.4 is 4.90 Å². The van der Waals surface area contributed by atoms with Gasteiger partial charge in [-0.15, -0.1) is 0 Å². The molecular formula is C11H16NO2+. The van der Waals surface area contributed by atoms with Crippen molar-refractivity contribution in [1.29, 1.82) is 0 Å². The molecule has 0 bridgehead atoms. The zero-order chi connectivity index (χ0) is 10.4. The number of nitrogens with one attached hydrogen (secondary N) is 1. The molecule has 0 aliphatic rings. The van der Waals surface area contributed by atoms with Gasteiger partial charge in [-0.05, 0) is 5.56 Å². The van der Waals surface area contributed by atoms with E-state index in [1.807, 2.05) is 44.4 Å². The van der Waals surface area contributed by atoms with Crippen LogP contribution in [0, 0.1) is 0 Å². The van der Waals surface area contributed by atoms with Gasteiger partial charge < -0.3 is 9.64 Å². The number of likely N-dealkylation sites (N-methyl/N-ethyl adjacent to an activating group) is 1. The van der Waals surface area contributed by atoms with Crippen LogP contribution >= 0.6 is 0 Å². The minimum atomic E-state index is -0.158. The predicted octanol–water partition coefficient (Wildman–Crippen LogP) is -0.126. The van der Waals surface area contributed by atoms with Crippen LogP contribution in [0.25, 0.3) is 0 Å². The molecule has 14 heavy (non-hydrogen) atoms. The molecule has 0 heterocycles. The zero-order valence-corrected chi connectivity index (χ0v) is 8.62. The van der Waals surface area contributed by atoms with Crippen molar-refractivity contribution in [2.45, 2.75) is 6.61 Å². The first-order valence-electron chi connectivity index (χ1n) is 4.67. The molecule has 1 aromatic carbocycles. The first kappa shape index (κ1) is 10.7. The molecule has 3 heteroatoms. The monoisotopic (exact) mass is 194 g/mol. The third-order valence-corrected chi connectivity index (χ3v) is 1.74. The Labute approximate surface area is 84.3 Å². The van der Waals surface area contributed by atoms with Gasteiger partial charge in [-0.3, -0.25) is 0 Å². The summed E-state index contributed by atoms with van der Waals surface area (Å²) < 4.78 is 5.08. The van der Waals surface area contributed by atoms with E-state index < -0.39 is 0 Å². The maximum atomic E-state index is 11.2. The Balaban J connectivity index is 2.31. The highest BCUT2D eigenvalue weighted by atomic mass is 16.5. The summed E-state index contributed by atoms with van der Waals surface area (Å²) in [5.74, 6) is -0.158. The van der Waals surface area contributed by atoms with Gasteiger partial charge in [0, 0.05) is 0 Å². The lowest BCUT2D eigenvalue weighted by Gasteiger charge is -2.07. The Morgan fingerprint density at radius 3 is 2.50 bits per heavy atom. The van der Waals surface area contributed by atoms with Gasteiger partial charge in [0.05, 0.1) is 14.1 Å². The number of carbonyl (C=O) groups excluding carboxylic acids is 1. The minimum Gasteiger partial charge on any atom is -0.457 e. The second-order valence-electron chi connectivity index (χ2n) is 3.53. The van der Waals surface area contributed by atoms with Crippen LogP contribution in [0.5, 0.6) is 0 Å². The van der Waals surface area contributed by atoms with Gasteiger partial charge in [0.1, 0.15) is 6.61 Å². The summed E-state index contributed by atoms with van der Waals surface area (Å²) in [6.07, 6.45) is 0. The average Bonchev–Trinajstić information content (AvgIpc) is 2.15. The average molecular weight is 194 g/mol. The number of rotatable bonds is 4. The molecule has 3 nitrogen and oxygen atoms in total. The lowest BCUT2D eigenvalue weighted by Crippen LogP contribution is -3.06. The van der Waals surface area contributed by atoms with Crippen molar-refractivity contribution in [3.63, 3.8) is 0 Å². The van der Waals surface area contributed by atoms with Crippen LogP contribution in [0.4, 0.5) is 0 Å². The van der Waals surface area contributed by atoms with E-state index >= 15 is 0 Å². The lowest BCUT2D eigenvalue weighted by atomic mass is 10.2. The number of carbonyl (C=O) groups is 1. The SMILES string of the molecule is C[NH+](C)CC(=O)OCc1ccccc1. The molecule has 0 aliphatic carbocycles. The number of esters is 1. The molecule has 1 rings (SSSR count). The molecule has 0 fully saturated rings. The van der Waals surface area contributed by atoms with Crippen molar-refractivity contribution >= 4 is 5.97 Å². The van der Waals surface area contributed by atoms with Crippen molar-refractivity contribution < 1.29 is 14.4 Å². The van der Waals surface area contributed by atoms with Crippen LogP contribution in [0.1, 0.15) is 5.56 Å². The van der Waals surface area contributed by atoms with Gasteiger partial charge in [-0.25, -0.2) is 4.79 Å². The maximum absolute atomic E-state index is 11.2. The molecule has 0 saturated carbocycles. The van der Waals surface area contributed by atoms with Crippen molar-refractivity contribution in [3.05, 3.63) is 35.9 Å². The Hall–Kier alpha value is -1.35. The van der Waals surface area contributed by atoms with E-state index in [0.717, 1.165) is 10.5 Å². The summed E-state index contributed by atoms with van der Waals surface area (Å²) in [4.78, 5) is 12.3. The smallest absolute Gasteiger partial charge is 0.362 e. The Bertz CT molecular complexity index is 283. The van der Waals surface area contributed by atoms with Crippen molar-refractivity contribution in [3.8, 4) is 0 Å². The first-order valence-corrected chi connectivity index (χ1v) is 4.67. The lowest BCUT2D eigenvalue weighted by molar-refractivity contribution is -0.850. The largest absolute Gasteiger partial charge is 0.457 e. The third kappa shape index (κ3) is 4.05. The van der Waals surface area contributed by atoms with Gasteiger partial charge in [0.15, 0.2) is 6.54 Å². The summed E-state index contributed by atoms with van der Waals surface area (Å²) >= 11 is 0. The number of ether oxygens (including phenoxy) is 1. The topological polar surface area (TPSA) is 30.7 Å². The van der Waals surface area contributed by atoms with Crippen LogP contribution in [0.3, 0.4) is 0 Å². The third-order valence-electron chi connectivity index (χ3n) is 1.74. The molecule has 0 saturated heterocycles. The second kappa shape index (κ2) is 5.40.